The van der Waals surface area contributed by atoms with E-state index in [1.54, 1.807) is 6.92 Å². The first-order valence-corrected chi connectivity index (χ1v) is 6.18. The number of anilines is 1. The zero-order chi connectivity index (χ0) is 14.0. The van der Waals surface area contributed by atoms with Crippen LogP contribution in [0.25, 0.3) is 0 Å². The maximum atomic E-state index is 10.9. The van der Waals surface area contributed by atoms with Crippen LogP contribution >= 0.6 is 11.6 Å². The van der Waals surface area contributed by atoms with E-state index in [-0.39, 0.29) is 5.56 Å². The van der Waals surface area contributed by atoms with E-state index in [1.807, 2.05) is 25.1 Å². The van der Waals surface area contributed by atoms with Crippen molar-refractivity contribution in [2.75, 3.05) is 5.32 Å². The molecule has 0 amide bonds. The fourth-order valence-electron chi connectivity index (χ4n) is 1.81. The largest absolute Gasteiger partial charge is 0.478 e. The molecule has 5 heteroatoms. The molecule has 1 heterocycles. The van der Waals surface area contributed by atoms with Gasteiger partial charge in [-0.25, -0.2) is 4.79 Å². The van der Waals surface area contributed by atoms with Gasteiger partial charge in [-0.15, -0.1) is 0 Å². The van der Waals surface area contributed by atoms with Crippen LogP contribution in [0.3, 0.4) is 0 Å². The molecule has 1 aromatic carbocycles. The average molecular weight is 280 g/mol. The lowest BCUT2D eigenvalue weighted by atomic mass is 10.2. The number of benzene rings is 1. The van der Waals surface area contributed by atoms with Gasteiger partial charge >= 0.3 is 5.97 Å². The number of hydrogen-bond donors (Lipinski definition) is 2. The highest BCUT2D eigenvalue weighted by atomic mass is 35.5. The van der Waals surface area contributed by atoms with E-state index < -0.39 is 5.97 Å². The summed E-state index contributed by atoms with van der Waals surface area (Å²) in [5, 5.41) is 12.7. The van der Waals surface area contributed by atoms with Gasteiger partial charge in [0, 0.05) is 0 Å². The number of aromatic carboxylic acids is 1. The number of nitrogens with one attached hydrogen (secondary N) is 1. The van der Waals surface area contributed by atoms with Crippen LogP contribution in [0.4, 0.5) is 5.69 Å². The number of carboxylic acid groups (broad SMARTS) is 1. The third kappa shape index (κ3) is 2.90. The van der Waals surface area contributed by atoms with Gasteiger partial charge < -0.3 is 14.8 Å². The lowest BCUT2D eigenvalue weighted by molar-refractivity contribution is 0.0695. The van der Waals surface area contributed by atoms with Gasteiger partial charge in [0.05, 0.1) is 17.3 Å². The Kier molecular flexibility index (Phi) is 3.81. The van der Waals surface area contributed by atoms with Crippen molar-refractivity contribution in [2.45, 2.75) is 20.4 Å². The number of aryl methyl sites for hydroxylation is 2. The molecule has 0 atom stereocenters. The zero-order valence-corrected chi connectivity index (χ0v) is 11.4. The SMILES string of the molecule is Cc1cccc(NCc2cc(C(=O)O)c(C)o2)c1Cl. The molecule has 0 aliphatic heterocycles. The van der Waals surface area contributed by atoms with Gasteiger partial charge in [0.25, 0.3) is 0 Å². The van der Waals surface area contributed by atoms with Gasteiger partial charge in [-0.3, -0.25) is 0 Å². The van der Waals surface area contributed by atoms with Crippen molar-refractivity contribution in [3.8, 4) is 0 Å². The summed E-state index contributed by atoms with van der Waals surface area (Å²) in [4.78, 5) is 10.9. The maximum Gasteiger partial charge on any atom is 0.339 e. The molecule has 0 aliphatic rings. The summed E-state index contributed by atoms with van der Waals surface area (Å²) in [6.07, 6.45) is 0. The molecule has 1 aromatic heterocycles. The molecule has 2 rings (SSSR count). The molecule has 0 aliphatic carbocycles. The fourth-order valence-corrected chi connectivity index (χ4v) is 2.00. The molecule has 0 unspecified atom stereocenters. The Hall–Kier alpha value is -1.94. The van der Waals surface area contributed by atoms with E-state index >= 15 is 0 Å². The number of halogens is 1. The van der Waals surface area contributed by atoms with Gasteiger partial charge in [0.1, 0.15) is 17.1 Å². The highest BCUT2D eigenvalue weighted by Gasteiger charge is 2.13. The molecule has 100 valence electrons. The molecule has 2 N–H and O–H groups in total. The van der Waals surface area contributed by atoms with Crippen molar-refractivity contribution in [3.63, 3.8) is 0 Å². The maximum absolute atomic E-state index is 10.9. The topological polar surface area (TPSA) is 62.5 Å². The van der Waals surface area contributed by atoms with Gasteiger partial charge in [-0.05, 0) is 31.5 Å². The van der Waals surface area contributed by atoms with Crippen molar-refractivity contribution in [1.82, 2.24) is 0 Å². The Labute approximate surface area is 116 Å². The predicted octanol–water partition coefficient (Wildman–Crippen LogP) is 3.86. The number of hydrogen-bond acceptors (Lipinski definition) is 3. The van der Waals surface area contributed by atoms with Crippen LogP contribution in [0, 0.1) is 13.8 Å². The summed E-state index contributed by atoms with van der Waals surface area (Å²) in [5.74, 6) is -0.0202. The fraction of sp³-hybridized carbons (Fsp3) is 0.214. The lowest BCUT2D eigenvalue weighted by Gasteiger charge is -2.08. The highest BCUT2D eigenvalue weighted by molar-refractivity contribution is 6.33. The standard InChI is InChI=1S/C14H14ClNO3/c1-8-4-3-5-12(13(8)15)16-7-10-6-11(14(17)18)9(2)19-10/h3-6,16H,7H2,1-2H3,(H,17,18). The van der Waals surface area contributed by atoms with Crippen LogP contribution < -0.4 is 5.32 Å². The summed E-state index contributed by atoms with van der Waals surface area (Å²) >= 11 is 6.16. The van der Waals surface area contributed by atoms with Crippen LogP contribution in [0.15, 0.2) is 28.7 Å². The number of rotatable bonds is 4. The monoisotopic (exact) mass is 279 g/mol. The Balaban J connectivity index is 2.13. The second-order valence-corrected chi connectivity index (χ2v) is 4.66. The van der Waals surface area contributed by atoms with Crippen LogP contribution in [0.1, 0.15) is 27.4 Å². The summed E-state index contributed by atoms with van der Waals surface area (Å²) in [7, 11) is 0. The van der Waals surface area contributed by atoms with E-state index in [1.165, 1.54) is 6.07 Å². The predicted molar refractivity (Wildman–Crippen MR) is 73.9 cm³/mol. The molecule has 0 spiro atoms. The van der Waals surface area contributed by atoms with Gasteiger partial charge in [-0.1, -0.05) is 23.7 Å². The van der Waals surface area contributed by atoms with E-state index in [0.29, 0.717) is 23.1 Å². The summed E-state index contributed by atoms with van der Waals surface area (Å²) in [6, 6.07) is 7.21. The molecule has 4 nitrogen and oxygen atoms in total. The first kappa shape index (κ1) is 13.5. The lowest BCUT2D eigenvalue weighted by Crippen LogP contribution is -1.99. The summed E-state index contributed by atoms with van der Waals surface area (Å²) < 4.78 is 5.38. The Morgan fingerprint density at radius 1 is 1.42 bits per heavy atom. The molecule has 0 fully saturated rings. The Morgan fingerprint density at radius 3 is 2.79 bits per heavy atom. The van der Waals surface area contributed by atoms with Crippen molar-refractivity contribution >= 4 is 23.3 Å². The van der Waals surface area contributed by atoms with Gasteiger partial charge in [0.2, 0.25) is 0 Å². The van der Waals surface area contributed by atoms with E-state index in [9.17, 15) is 4.79 Å². The first-order chi connectivity index (χ1) is 8.99. The smallest absolute Gasteiger partial charge is 0.339 e. The molecule has 19 heavy (non-hydrogen) atoms. The zero-order valence-electron chi connectivity index (χ0n) is 10.7. The minimum absolute atomic E-state index is 0.187. The van der Waals surface area contributed by atoms with E-state index in [0.717, 1.165) is 11.3 Å². The average Bonchev–Trinajstić information content (AvgIpc) is 2.73. The third-order valence-electron chi connectivity index (χ3n) is 2.84. The highest BCUT2D eigenvalue weighted by Crippen LogP contribution is 2.26. The number of carboxylic acids is 1. The van der Waals surface area contributed by atoms with E-state index in [4.69, 9.17) is 21.1 Å². The molecule has 2 aromatic rings. The first-order valence-electron chi connectivity index (χ1n) is 5.80. The van der Waals surface area contributed by atoms with E-state index in [2.05, 4.69) is 5.32 Å². The Bertz CT molecular complexity index is 619. The second-order valence-electron chi connectivity index (χ2n) is 4.28. The van der Waals surface area contributed by atoms with Crippen LogP contribution in [0.5, 0.6) is 0 Å². The normalized spacial score (nSPS) is 10.5. The molecule has 0 radical (unpaired) electrons. The van der Waals surface area contributed by atoms with Crippen molar-refractivity contribution < 1.29 is 14.3 Å². The second kappa shape index (κ2) is 5.36. The molecule has 0 bridgehead atoms. The minimum atomic E-state index is -0.985. The van der Waals surface area contributed by atoms with Crippen LogP contribution in [0.2, 0.25) is 5.02 Å². The van der Waals surface area contributed by atoms with Crippen LogP contribution in [-0.2, 0) is 6.54 Å². The Morgan fingerprint density at radius 2 is 2.16 bits per heavy atom. The van der Waals surface area contributed by atoms with Crippen LogP contribution in [-0.4, -0.2) is 11.1 Å². The minimum Gasteiger partial charge on any atom is -0.478 e. The van der Waals surface area contributed by atoms with Gasteiger partial charge in [-0.2, -0.15) is 0 Å². The third-order valence-corrected chi connectivity index (χ3v) is 3.35. The van der Waals surface area contributed by atoms with Crippen molar-refractivity contribution in [1.29, 1.82) is 0 Å². The summed E-state index contributed by atoms with van der Waals surface area (Å²) in [5.41, 5.74) is 1.97. The molecular weight excluding hydrogens is 266 g/mol. The molecular formula is C14H14ClNO3. The van der Waals surface area contributed by atoms with Gasteiger partial charge in [0.15, 0.2) is 0 Å². The number of carbonyl (C=O) groups is 1. The quantitative estimate of drug-likeness (QED) is 0.892. The van der Waals surface area contributed by atoms with Crippen molar-refractivity contribution in [3.05, 3.63) is 51.9 Å². The number of furan rings is 1. The summed E-state index contributed by atoms with van der Waals surface area (Å²) in [6.45, 7) is 3.94. The molecule has 0 saturated carbocycles. The van der Waals surface area contributed by atoms with Crippen molar-refractivity contribution in [2.24, 2.45) is 0 Å². The molecule has 0 saturated heterocycles.